The molecule has 0 unspecified atom stereocenters. The Balaban J connectivity index is 2.50. The standard InChI is InChI=1S/C11H9IN2O2/c1-7-8(12)3-2-4-10(7)14-6-5-9(13-14)11(15)16/h2-6H,1H3,(H,15,16). The molecule has 0 aliphatic carbocycles. The van der Waals surface area contributed by atoms with Gasteiger partial charge in [-0.2, -0.15) is 5.10 Å². The summed E-state index contributed by atoms with van der Waals surface area (Å²) in [5.41, 5.74) is 2.04. The molecule has 2 aromatic rings. The highest BCUT2D eigenvalue weighted by molar-refractivity contribution is 14.1. The molecule has 0 saturated carbocycles. The van der Waals surface area contributed by atoms with E-state index in [0.717, 1.165) is 14.8 Å². The lowest BCUT2D eigenvalue weighted by molar-refractivity contribution is 0.0690. The van der Waals surface area contributed by atoms with Crippen LogP contribution >= 0.6 is 22.6 Å². The smallest absolute Gasteiger partial charge is 0.356 e. The zero-order valence-corrected chi connectivity index (χ0v) is 10.7. The zero-order valence-electron chi connectivity index (χ0n) is 8.51. The van der Waals surface area contributed by atoms with Crippen molar-refractivity contribution >= 4 is 28.6 Å². The molecule has 0 aliphatic rings. The first-order valence-corrected chi connectivity index (χ1v) is 5.72. The van der Waals surface area contributed by atoms with Gasteiger partial charge in [0.1, 0.15) is 0 Å². The summed E-state index contributed by atoms with van der Waals surface area (Å²) in [7, 11) is 0. The Morgan fingerprint density at radius 1 is 1.44 bits per heavy atom. The van der Waals surface area contributed by atoms with Crippen LogP contribution < -0.4 is 0 Å². The van der Waals surface area contributed by atoms with Crippen LogP contribution in [-0.4, -0.2) is 20.9 Å². The number of halogens is 1. The lowest BCUT2D eigenvalue weighted by Crippen LogP contribution is -2.02. The molecule has 0 amide bonds. The summed E-state index contributed by atoms with van der Waals surface area (Å²) in [4.78, 5) is 10.7. The number of carboxylic acid groups (broad SMARTS) is 1. The van der Waals surface area contributed by atoms with E-state index >= 15 is 0 Å². The minimum atomic E-state index is -1.01. The predicted molar refractivity (Wildman–Crippen MR) is 68.0 cm³/mol. The van der Waals surface area contributed by atoms with Crippen molar-refractivity contribution in [2.24, 2.45) is 0 Å². The molecule has 1 aromatic heterocycles. The Hall–Kier alpha value is -1.37. The lowest BCUT2D eigenvalue weighted by Gasteiger charge is -2.06. The Labute approximate surface area is 106 Å². The van der Waals surface area contributed by atoms with E-state index in [2.05, 4.69) is 27.7 Å². The summed E-state index contributed by atoms with van der Waals surface area (Å²) >= 11 is 2.24. The van der Waals surface area contributed by atoms with Crippen molar-refractivity contribution in [3.05, 3.63) is 45.3 Å². The summed E-state index contributed by atoms with van der Waals surface area (Å²) in [5, 5.41) is 12.8. The fourth-order valence-electron chi connectivity index (χ4n) is 1.42. The van der Waals surface area contributed by atoms with Crippen LogP contribution in [0.2, 0.25) is 0 Å². The third kappa shape index (κ3) is 1.95. The summed E-state index contributed by atoms with van der Waals surface area (Å²) in [6, 6.07) is 7.32. The number of aromatic nitrogens is 2. The molecule has 82 valence electrons. The Bertz CT molecular complexity index is 549. The number of rotatable bonds is 2. The van der Waals surface area contributed by atoms with E-state index in [9.17, 15) is 4.79 Å². The first kappa shape index (κ1) is 11.1. The molecular formula is C11H9IN2O2. The third-order valence-corrected chi connectivity index (χ3v) is 3.46. The molecule has 0 radical (unpaired) electrons. The van der Waals surface area contributed by atoms with E-state index in [-0.39, 0.29) is 5.69 Å². The van der Waals surface area contributed by atoms with Crippen LogP contribution in [0.3, 0.4) is 0 Å². The maximum Gasteiger partial charge on any atom is 0.356 e. The van der Waals surface area contributed by atoms with Gasteiger partial charge in [-0.25, -0.2) is 9.48 Å². The van der Waals surface area contributed by atoms with Crippen LogP contribution in [0.5, 0.6) is 0 Å². The number of hydrogen-bond donors (Lipinski definition) is 1. The SMILES string of the molecule is Cc1c(I)cccc1-n1ccc(C(=O)O)n1. The molecule has 1 aromatic carbocycles. The molecule has 5 heteroatoms. The summed E-state index contributed by atoms with van der Waals surface area (Å²) in [6.45, 7) is 1.99. The maximum absolute atomic E-state index is 10.7. The van der Waals surface area contributed by atoms with Gasteiger partial charge < -0.3 is 5.11 Å². The summed E-state index contributed by atoms with van der Waals surface area (Å²) in [6.07, 6.45) is 1.65. The molecule has 0 bridgehead atoms. The van der Waals surface area contributed by atoms with Gasteiger partial charge in [-0.15, -0.1) is 0 Å². The van der Waals surface area contributed by atoms with E-state index in [0.29, 0.717) is 0 Å². The molecule has 0 fully saturated rings. The summed E-state index contributed by atoms with van der Waals surface area (Å²) < 4.78 is 2.71. The number of carboxylic acids is 1. The number of carbonyl (C=O) groups is 1. The number of nitrogens with zero attached hydrogens (tertiary/aromatic N) is 2. The highest BCUT2D eigenvalue weighted by atomic mass is 127. The van der Waals surface area contributed by atoms with E-state index in [1.807, 2.05) is 25.1 Å². The minimum Gasteiger partial charge on any atom is -0.476 e. The van der Waals surface area contributed by atoms with Crippen molar-refractivity contribution in [3.63, 3.8) is 0 Å². The molecule has 0 atom stereocenters. The molecule has 0 saturated heterocycles. The first-order chi connectivity index (χ1) is 7.59. The van der Waals surface area contributed by atoms with Crippen LogP contribution in [-0.2, 0) is 0 Å². The molecule has 1 N–H and O–H groups in total. The van der Waals surface area contributed by atoms with Gasteiger partial charge in [0.15, 0.2) is 5.69 Å². The molecule has 16 heavy (non-hydrogen) atoms. The van der Waals surface area contributed by atoms with Crippen molar-refractivity contribution in [3.8, 4) is 5.69 Å². The third-order valence-electron chi connectivity index (χ3n) is 2.29. The van der Waals surface area contributed by atoms with E-state index in [4.69, 9.17) is 5.11 Å². The summed E-state index contributed by atoms with van der Waals surface area (Å²) in [5.74, 6) is -1.01. The Morgan fingerprint density at radius 2 is 2.19 bits per heavy atom. The zero-order chi connectivity index (χ0) is 11.7. The molecule has 0 spiro atoms. The second-order valence-electron chi connectivity index (χ2n) is 3.33. The largest absolute Gasteiger partial charge is 0.476 e. The second kappa shape index (κ2) is 4.25. The van der Waals surface area contributed by atoms with Gasteiger partial charge in [0.25, 0.3) is 0 Å². The quantitative estimate of drug-likeness (QED) is 0.862. The first-order valence-electron chi connectivity index (χ1n) is 4.64. The molecule has 0 aliphatic heterocycles. The van der Waals surface area contributed by atoms with E-state index in [1.165, 1.54) is 6.07 Å². The average molecular weight is 328 g/mol. The predicted octanol–water partition coefficient (Wildman–Crippen LogP) is 2.48. The minimum absolute atomic E-state index is 0.0539. The van der Waals surface area contributed by atoms with Crippen LogP contribution in [0.15, 0.2) is 30.5 Å². The van der Waals surface area contributed by atoms with Crippen molar-refractivity contribution in [1.29, 1.82) is 0 Å². The second-order valence-corrected chi connectivity index (χ2v) is 4.50. The monoisotopic (exact) mass is 328 g/mol. The molecule has 4 nitrogen and oxygen atoms in total. The van der Waals surface area contributed by atoms with Gasteiger partial charge in [-0.3, -0.25) is 0 Å². The van der Waals surface area contributed by atoms with Crippen molar-refractivity contribution in [2.45, 2.75) is 6.92 Å². The van der Waals surface area contributed by atoms with Gasteiger partial charge in [-0.1, -0.05) is 6.07 Å². The topological polar surface area (TPSA) is 55.1 Å². The van der Waals surface area contributed by atoms with Crippen LogP contribution in [0, 0.1) is 10.5 Å². The highest BCUT2D eigenvalue weighted by Crippen LogP contribution is 2.19. The van der Waals surface area contributed by atoms with Gasteiger partial charge in [0.2, 0.25) is 0 Å². The van der Waals surface area contributed by atoms with Crippen molar-refractivity contribution < 1.29 is 9.90 Å². The van der Waals surface area contributed by atoms with Gasteiger partial charge in [0.05, 0.1) is 5.69 Å². The van der Waals surface area contributed by atoms with Crippen molar-refractivity contribution in [1.82, 2.24) is 9.78 Å². The lowest BCUT2D eigenvalue weighted by atomic mass is 10.2. The fraction of sp³-hybridized carbons (Fsp3) is 0.0909. The van der Waals surface area contributed by atoms with Gasteiger partial charge in [-0.05, 0) is 53.3 Å². The van der Waals surface area contributed by atoms with Crippen molar-refractivity contribution in [2.75, 3.05) is 0 Å². The van der Waals surface area contributed by atoms with Crippen LogP contribution in [0.1, 0.15) is 16.1 Å². The number of hydrogen-bond acceptors (Lipinski definition) is 2. The highest BCUT2D eigenvalue weighted by Gasteiger charge is 2.09. The maximum atomic E-state index is 10.7. The Morgan fingerprint density at radius 3 is 2.81 bits per heavy atom. The molecule has 2 rings (SSSR count). The van der Waals surface area contributed by atoms with Crippen LogP contribution in [0.4, 0.5) is 0 Å². The normalized spacial score (nSPS) is 10.4. The number of aromatic carboxylic acids is 1. The Kier molecular flexibility index (Phi) is 2.95. The van der Waals surface area contributed by atoms with Gasteiger partial charge in [0, 0.05) is 9.77 Å². The number of benzene rings is 1. The molecule has 1 heterocycles. The van der Waals surface area contributed by atoms with E-state index < -0.39 is 5.97 Å². The molecular weight excluding hydrogens is 319 g/mol. The van der Waals surface area contributed by atoms with E-state index in [1.54, 1.807) is 10.9 Å². The van der Waals surface area contributed by atoms with Gasteiger partial charge >= 0.3 is 5.97 Å². The fourth-order valence-corrected chi connectivity index (χ4v) is 1.90. The van der Waals surface area contributed by atoms with Crippen LogP contribution in [0.25, 0.3) is 5.69 Å². The average Bonchev–Trinajstić information content (AvgIpc) is 2.71.